The van der Waals surface area contributed by atoms with Crippen LogP contribution in [0.3, 0.4) is 0 Å². The van der Waals surface area contributed by atoms with Crippen molar-refractivity contribution >= 4 is 22.5 Å². The van der Waals surface area contributed by atoms with Crippen molar-refractivity contribution in [3.05, 3.63) is 64.8 Å². The van der Waals surface area contributed by atoms with E-state index >= 15 is 0 Å². The highest BCUT2D eigenvalue weighted by Crippen LogP contribution is 2.27. The van der Waals surface area contributed by atoms with Gasteiger partial charge in [-0.25, -0.2) is 9.50 Å². The summed E-state index contributed by atoms with van der Waals surface area (Å²) in [5.74, 6) is 1.05. The normalized spacial score (nSPS) is 11.0. The predicted octanol–water partition coefficient (Wildman–Crippen LogP) is 1.42. The molecule has 0 saturated heterocycles. The summed E-state index contributed by atoms with van der Waals surface area (Å²) in [4.78, 5) is 29.3. The van der Waals surface area contributed by atoms with E-state index in [1.165, 1.54) is 10.8 Å². The number of carbonyl (C=O) groups excluding carboxylic acids is 1. The Hall–Kier alpha value is -3.88. The zero-order valence-corrected chi connectivity index (χ0v) is 16.7. The summed E-state index contributed by atoms with van der Waals surface area (Å²) in [5.41, 5.74) is 2.03. The summed E-state index contributed by atoms with van der Waals surface area (Å²) in [6, 6.07) is 9.15. The highest BCUT2D eigenvalue weighted by atomic mass is 16.5. The first-order valence-electron chi connectivity index (χ1n) is 9.40. The van der Waals surface area contributed by atoms with Gasteiger partial charge >= 0.3 is 0 Å². The Kier molecular flexibility index (Phi) is 5.34. The van der Waals surface area contributed by atoms with Crippen LogP contribution in [0.2, 0.25) is 0 Å². The van der Waals surface area contributed by atoms with Gasteiger partial charge in [-0.3, -0.25) is 9.59 Å². The fourth-order valence-electron chi connectivity index (χ4n) is 3.32. The van der Waals surface area contributed by atoms with Crippen LogP contribution in [0.15, 0.2) is 53.7 Å². The van der Waals surface area contributed by atoms with Crippen LogP contribution < -0.4 is 20.3 Å². The molecular formula is C21H21N5O4. The van der Waals surface area contributed by atoms with Crippen LogP contribution in [0, 0.1) is 0 Å². The second-order valence-electron chi connectivity index (χ2n) is 6.70. The van der Waals surface area contributed by atoms with E-state index in [2.05, 4.69) is 15.4 Å². The van der Waals surface area contributed by atoms with Gasteiger partial charge in [0.25, 0.3) is 5.56 Å². The van der Waals surface area contributed by atoms with Gasteiger partial charge in [0.05, 0.1) is 31.3 Å². The second-order valence-corrected chi connectivity index (χ2v) is 6.70. The smallest absolute Gasteiger partial charge is 0.262 e. The van der Waals surface area contributed by atoms with Crippen LogP contribution in [-0.4, -0.2) is 45.8 Å². The zero-order valence-electron chi connectivity index (χ0n) is 16.7. The molecule has 3 aromatic heterocycles. The minimum absolute atomic E-state index is 0.0716. The maximum Gasteiger partial charge on any atom is 0.262 e. The Labute approximate surface area is 171 Å². The van der Waals surface area contributed by atoms with E-state index in [1.54, 1.807) is 43.3 Å². The van der Waals surface area contributed by atoms with Crippen molar-refractivity contribution in [3.63, 3.8) is 0 Å². The molecule has 0 spiro atoms. The standard InChI is InChI=1S/C21H21N5O4/c1-29-17-4-3-14(11-18(17)30-2)5-8-22-20(27)13-25-10-7-16-15(21(25)28)12-23-19-6-9-24-26(16)19/h3-4,6-7,9-12H,5,8,13H2,1-2H3,(H,22,27). The van der Waals surface area contributed by atoms with Crippen molar-refractivity contribution in [3.8, 4) is 11.5 Å². The topological polar surface area (TPSA) is 99.7 Å². The van der Waals surface area contributed by atoms with Crippen LogP contribution >= 0.6 is 0 Å². The number of fused-ring (bicyclic) bond motifs is 3. The first kappa shape index (κ1) is 19.4. The van der Waals surface area contributed by atoms with Gasteiger partial charge in [-0.2, -0.15) is 5.10 Å². The molecule has 30 heavy (non-hydrogen) atoms. The number of aromatic nitrogens is 4. The number of pyridine rings is 1. The summed E-state index contributed by atoms with van der Waals surface area (Å²) in [6.07, 6.45) is 5.36. The zero-order chi connectivity index (χ0) is 21.1. The number of nitrogens with one attached hydrogen (secondary N) is 1. The monoisotopic (exact) mass is 407 g/mol. The molecule has 1 aromatic carbocycles. The number of ether oxygens (including phenoxy) is 2. The van der Waals surface area contributed by atoms with Crippen molar-refractivity contribution in [2.24, 2.45) is 0 Å². The van der Waals surface area contributed by atoms with Gasteiger partial charge in [0.1, 0.15) is 6.54 Å². The van der Waals surface area contributed by atoms with Gasteiger partial charge in [0.15, 0.2) is 17.1 Å². The predicted molar refractivity (Wildman–Crippen MR) is 111 cm³/mol. The number of carbonyl (C=O) groups is 1. The minimum atomic E-state index is -0.285. The van der Waals surface area contributed by atoms with E-state index in [-0.39, 0.29) is 18.0 Å². The molecule has 0 aliphatic carbocycles. The number of benzene rings is 1. The van der Waals surface area contributed by atoms with Gasteiger partial charge in [-0.15, -0.1) is 0 Å². The summed E-state index contributed by atoms with van der Waals surface area (Å²) in [7, 11) is 3.16. The molecule has 0 aliphatic rings. The lowest BCUT2D eigenvalue weighted by Gasteiger charge is -2.11. The Balaban J connectivity index is 1.42. The van der Waals surface area contributed by atoms with Crippen molar-refractivity contribution in [1.29, 1.82) is 0 Å². The molecule has 4 rings (SSSR count). The molecule has 0 radical (unpaired) electrons. The summed E-state index contributed by atoms with van der Waals surface area (Å²) in [5, 5.41) is 7.43. The second kappa shape index (κ2) is 8.24. The first-order chi connectivity index (χ1) is 14.6. The summed E-state index contributed by atoms with van der Waals surface area (Å²) >= 11 is 0. The highest BCUT2D eigenvalue weighted by molar-refractivity contribution is 5.80. The lowest BCUT2D eigenvalue weighted by atomic mass is 10.1. The molecule has 1 amide bonds. The molecule has 9 heteroatoms. The summed E-state index contributed by atoms with van der Waals surface area (Å²) < 4.78 is 13.5. The average molecular weight is 407 g/mol. The number of hydrogen-bond donors (Lipinski definition) is 1. The number of rotatable bonds is 7. The van der Waals surface area contributed by atoms with E-state index in [0.717, 1.165) is 5.56 Å². The maximum absolute atomic E-state index is 12.7. The molecule has 0 unspecified atom stereocenters. The third-order valence-corrected chi connectivity index (χ3v) is 4.85. The maximum atomic E-state index is 12.7. The molecule has 0 atom stereocenters. The van der Waals surface area contributed by atoms with Crippen molar-refractivity contribution in [1.82, 2.24) is 24.5 Å². The largest absolute Gasteiger partial charge is 0.493 e. The quantitative estimate of drug-likeness (QED) is 0.497. The van der Waals surface area contributed by atoms with Crippen LogP contribution in [0.1, 0.15) is 5.56 Å². The molecule has 154 valence electrons. The Morgan fingerprint density at radius 2 is 1.97 bits per heavy atom. The molecule has 0 fully saturated rings. The van der Waals surface area contributed by atoms with E-state index < -0.39 is 0 Å². The van der Waals surface area contributed by atoms with E-state index in [9.17, 15) is 9.59 Å². The van der Waals surface area contributed by atoms with Gasteiger partial charge in [0.2, 0.25) is 5.91 Å². The third-order valence-electron chi connectivity index (χ3n) is 4.85. The van der Waals surface area contributed by atoms with Gasteiger partial charge < -0.3 is 19.4 Å². The van der Waals surface area contributed by atoms with Gasteiger partial charge in [0, 0.05) is 25.0 Å². The van der Waals surface area contributed by atoms with Crippen molar-refractivity contribution in [2.45, 2.75) is 13.0 Å². The third kappa shape index (κ3) is 3.69. The average Bonchev–Trinajstić information content (AvgIpc) is 3.24. The molecule has 9 nitrogen and oxygen atoms in total. The lowest BCUT2D eigenvalue weighted by Crippen LogP contribution is -2.33. The fraction of sp³-hybridized carbons (Fsp3) is 0.238. The molecule has 3 heterocycles. The van der Waals surface area contributed by atoms with E-state index in [0.29, 0.717) is 41.0 Å². The van der Waals surface area contributed by atoms with Crippen LogP contribution in [0.5, 0.6) is 11.5 Å². The Morgan fingerprint density at radius 1 is 1.13 bits per heavy atom. The molecule has 0 bridgehead atoms. The highest BCUT2D eigenvalue weighted by Gasteiger charge is 2.11. The number of nitrogens with zero attached hydrogens (tertiary/aromatic N) is 4. The molecule has 0 saturated carbocycles. The number of hydrogen-bond acceptors (Lipinski definition) is 6. The van der Waals surface area contributed by atoms with Crippen molar-refractivity contribution < 1.29 is 14.3 Å². The van der Waals surface area contributed by atoms with E-state index in [1.807, 2.05) is 18.2 Å². The van der Waals surface area contributed by atoms with Crippen LogP contribution in [0.25, 0.3) is 16.6 Å². The van der Waals surface area contributed by atoms with Crippen LogP contribution in [-0.2, 0) is 17.8 Å². The van der Waals surface area contributed by atoms with Gasteiger partial charge in [-0.1, -0.05) is 6.07 Å². The first-order valence-corrected chi connectivity index (χ1v) is 9.40. The molecule has 1 N–H and O–H groups in total. The summed E-state index contributed by atoms with van der Waals surface area (Å²) in [6.45, 7) is 0.365. The molecule has 4 aromatic rings. The van der Waals surface area contributed by atoms with Crippen molar-refractivity contribution in [2.75, 3.05) is 20.8 Å². The van der Waals surface area contributed by atoms with E-state index in [4.69, 9.17) is 9.47 Å². The SMILES string of the molecule is COc1ccc(CCNC(=O)Cn2ccc3c(cnc4ccnn43)c2=O)cc1OC. The Bertz CT molecular complexity index is 1280. The van der Waals surface area contributed by atoms with Crippen LogP contribution in [0.4, 0.5) is 0 Å². The number of methoxy groups -OCH3 is 2. The molecular weight excluding hydrogens is 386 g/mol. The Morgan fingerprint density at radius 3 is 2.77 bits per heavy atom. The fourth-order valence-corrected chi connectivity index (χ4v) is 3.32. The van der Waals surface area contributed by atoms with Gasteiger partial charge in [-0.05, 0) is 30.2 Å². The number of amides is 1. The molecule has 0 aliphatic heterocycles. The lowest BCUT2D eigenvalue weighted by molar-refractivity contribution is -0.121. The minimum Gasteiger partial charge on any atom is -0.493 e.